The summed E-state index contributed by atoms with van der Waals surface area (Å²) < 4.78 is 14.0. The summed E-state index contributed by atoms with van der Waals surface area (Å²) >= 11 is 0. The molecule has 1 aromatic heterocycles. The van der Waals surface area contributed by atoms with Crippen LogP contribution in [0.4, 0.5) is 10.1 Å². The van der Waals surface area contributed by atoms with Crippen LogP contribution < -0.4 is 10.9 Å². The molecule has 2 rings (SSSR count). The van der Waals surface area contributed by atoms with Gasteiger partial charge in [0, 0.05) is 17.4 Å². The second kappa shape index (κ2) is 5.64. The summed E-state index contributed by atoms with van der Waals surface area (Å²) in [6.45, 7) is 3.26. The Balaban J connectivity index is 2.12. The third-order valence-electron chi connectivity index (χ3n) is 2.76. The van der Waals surface area contributed by atoms with Crippen LogP contribution in [-0.2, 0) is 11.3 Å². The van der Waals surface area contributed by atoms with Crippen molar-refractivity contribution in [1.29, 1.82) is 0 Å². The zero-order valence-corrected chi connectivity index (χ0v) is 11.2. The molecule has 0 saturated heterocycles. The first-order valence-electron chi connectivity index (χ1n) is 6.06. The number of halogens is 1. The predicted molar refractivity (Wildman–Crippen MR) is 73.0 cm³/mol. The number of carbonyl (C=O) groups excluding carboxylic acids is 1. The summed E-state index contributed by atoms with van der Waals surface area (Å²) in [4.78, 5) is 27.8. The minimum Gasteiger partial charge on any atom is -0.325 e. The van der Waals surface area contributed by atoms with Crippen molar-refractivity contribution in [2.75, 3.05) is 5.32 Å². The van der Waals surface area contributed by atoms with E-state index in [4.69, 9.17) is 0 Å². The van der Waals surface area contributed by atoms with Crippen LogP contribution in [0.2, 0.25) is 0 Å². The molecule has 1 heterocycles. The average Bonchev–Trinajstić information content (AvgIpc) is 2.36. The van der Waals surface area contributed by atoms with E-state index in [0.717, 1.165) is 0 Å². The van der Waals surface area contributed by atoms with Crippen molar-refractivity contribution in [1.82, 2.24) is 9.55 Å². The van der Waals surface area contributed by atoms with E-state index in [-0.39, 0.29) is 23.8 Å². The van der Waals surface area contributed by atoms with Gasteiger partial charge in [0.1, 0.15) is 18.2 Å². The van der Waals surface area contributed by atoms with Crippen LogP contribution in [0.25, 0.3) is 0 Å². The summed E-state index contributed by atoms with van der Waals surface area (Å²) in [5, 5.41) is 2.59. The summed E-state index contributed by atoms with van der Waals surface area (Å²) in [7, 11) is 0. The molecule has 0 atom stereocenters. The number of nitrogens with one attached hydrogen (secondary N) is 1. The number of hydrogen-bond donors (Lipinski definition) is 1. The zero-order valence-electron chi connectivity index (χ0n) is 11.2. The maximum Gasteiger partial charge on any atom is 0.254 e. The fourth-order valence-corrected chi connectivity index (χ4v) is 1.83. The van der Waals surface area contributed by atoms with Crippen molar-refractivity contribution in [3.63, 3.8) is 0 Å². The number of amides is 1. The molecule has 6 heteroatoms. The van der Waals surface area contributed by atoms with E-state index in [1.165, 1.54) is 34.9 Å². The van der Waals surface area contributed by atoms with Crippen molar-refractivity contribution in [3.05, 3.63) is 58.0 Å². The van der Waals surface area contributed by atoms with Crippen LogP contribution in [0.1, 0.15) is 11.5 Å². The number of nitrogens with zero attached hydrogens (tertiary/aromatic N) is 2. The molecule has 20 heavy (non-hydrogen) atoms. The molecule has 1 N–H and O–H groups in total. The Morgan fingerprint density at radius 1 is 1.30 bits per heavy atom. The van der Waals surface area contributed by atoms with Crippen LogP contribution in [-0.4, -0.2) is 15.5 Å². The maximum absolute atomic E-state index is 12.7. The normalized spacial score (nSPS) is 10.3. The van der Waals surface area contributed by atoms with Gasteiger partial charge in [-0.05, 0) is 38.1 Å². The first-order chi connectivity index (χ1) is 9.45. The molecular formula is C14H14FN3O2. The van der Waals surface area contributed by atoms with Gasteiger partial charge in [0.2, 0.25) is 5.91 Å². The summed E-state index contributed by atoms with van der Waals surface area (Å²) in [5.41, 5.74) is 0.814. The molecule has 0 aliphatic rings. The van der Waals surface area contributed by atoms with Gasteiger partial charge in [-0.25, -0.2) is 9.37 Å². The number of aromatic nitrogens is 2. The van der Waals surface area contributed by atoms with Crippen molar-refractivity contribution in [2.45, 2.75) is 20.4 Å². The summed E-state index contributed by atoms with van der Waals surface area (Å²) in [5.74, 6) is -0.269. The van der Waals surface area contributed by atoms with Crippen LogP contribution in [0.15, 0.2) is 35.1 Å². The molecule has 2 aromatic rings. The molecule has 0 unspecified atom stereocenters. The highest BCUT2D eigenvalue weighted by molar-refractivity contribution is 5.90. The fourth-order valence-electron chi connectivity index (χ4n) is 1.83. The van der Waals surface area contributed by atoms with Crippen LogP contribution in [0.3, 0.4) is 0 Å². The molecule has 5 nitrogen and oxygen atoms in total. The number of carbonyl (C=O) groups is 1. The van der Waals surface area contributed by atoms with Gasteiger partial charge < -0.3 is 5.32 Å². The van der Waals surface area contributed by atoms with Gasteiger partial charge in [0.25, 0.3) is 5.56 Å². The Kier molecular flexibility index (Phi) is 3.93. The lowest BCUT2D eigenvalue weighted by atomic mass is 10.3. The lowest BCUT2D eigenvalue weighted by Crippen LogP contribution is -2.29. The second-order valence-electron chi connectivity index (χ2n) is 4.42. The molecule has 0 saturated carbocycles. The Hall–Kier alpha value is -2.50. The van der Waals surface area contributed by atoms with E-state index in [0.29, 0.717) is 17.2 Å². The molecule has 0 fully saturated rings. The summed E-state index contributed by atoms with van der Waals surface area (Å²) in [6.07, 6.45) is 0. The number of benzene rings is 1. The molecule has 1 aromatic carbocycles. The van der Waals surface area contributed by atoms with Crippen LogP contribution in [0, 0.1) is 19.7 Å². The predicted octanol–water partition coefficient (Wildman–Crippen LogP) is 1.64. The van der Waals surface area contributed by atoms with Gasteiger partial charge >= 0.3 is 0 Å². The van der Waals surface area contributed by atoms with Crippen molar-refractivity contribution >= 4 is 11.6 Å². The highest BCUT2D eigenvalue weighted by Gasteiger charge is 2.08. The van der Waals surface area contributed by atoms with Gasteiger partial charge in [-0.15, -0.1) is 0 Å². The van der Waals surface area contributed by atoms with E-state index >= 15 is 0 Å². The fraction of sp³-hybridized carbons (Fsp3) is 0.214. The van der Waals surface area contributed by atoms with Gasteiger partial charge in [-0.1, -0.05) is 0 Å². The molecule has 0 radical (unpaired) electrons. The monoisotopic (exact) mass is 275 g/mol. The Bertz CT molecular complexity index is 693. The zero-order chi connectivity index (χ0) is 14.7. The minimum absolute atomic E-state index is 0.130. The Morgan fingerprint density at radius 3 is 2.55 bits per heavy atom. The third-order valence-corrected chi connectivity index (χ3v) is 2.76. The molecule has 0 aliphatic heterocycles. The van der Waals surface area contributed by atoms with Crippen molar-refractivity contribution in [3.8, 4) is 0 Å². The topological polar surface area (TPSA) is 64.0 Å². The van der Waals surface area contributed by atoms with Crippen LogP contribution >= 0.6 is 0 Å². The quantitative estimate of drug-likeness (QED) is 0.926. The average molecular weight is 275 g/mol. The first kappa shape index (κ1) is 13.9. The van der Waals surface area contributed by atoms with Crippen molar-refractivity contribution < 1.29 is 9.18 Å². The molecule has 104 valence electrons. The molecule has 0 spiro atoms. The molecular weight excluding hydrogens is 261 g/mol. The SMILES string of the molecule is Cc1cc(=O)n(CC(=O)Nc2ccc(F)cc2)c(C)n1. The standard InChI is InChI=1S/C14H14FN3O2/c1-9-7-14(20)18(10(2)16-9)8-13(19)17-12-5-3-11(15)4-6-12/h3-7H,8H2,1-2H3,(H,17,19). The number of hydrogen-bond acceptors (Lipinski definition) is 3. The summed E-state index contributed by atoms with van der Waals surface area (Å²) in [6, 6.07) is 6.78. The molecule has 0 bridgehead atoms. The Labute approximate surface area is 115 Å². The minimum atomic E-state index is -0.377. The van der Waals surface area contributed by atoms with Gasteiger partial charge in [-0.2, -0.15) is 0 Å². The second-order valence-corrected chi connectivity index (χ2v) is 4.42. The smallest absolute Gasteiger partial charge is 0.254 e. The number of rotatable bonds is 3. The highest BCUT2D eigenvalue weighted by Crippen LogP contribution is 2.08. The van der Waals surface area contributed by atoms with Gasteiger partial charge in [0.05, 0.1) is 0 Å². The lowest BCUT2D eigenvalue weighted by Gasteiger charge is -2.10. The largest absolute Gasteiger partial charge is 0.325 e. The lowest BCUT2D eigenvalue weighted by molar-refractivity contribution is -0.116. The van der Waals surface area contributed by atoms with Gasteiger partial charge in [-0.3, -0.25) is 14.2 Å². The van der Waals surface area contributed by atoms with E-state index < -0.39 is 0 Å². The third kappa shape index (κ3) is 3.28. The molecule has 1 amide bonds. The van der Waals surface area contributed by atoms with Crippen LogP contribution in [0.5, 0.6) is 0 Å². The molecule has 0 aliphatic carbocycles. The first-order valence-corrected chi connectivity index (χ1v) is 6.06. The maximum atomic E-state index is 12.7. The highest BCUT2D eigenvalue weighted by atomic mass is 19.1. The van der Waals surface area contributed by atoms with E-state index in [9.17, 15) is 14.0 Å². The Morgan fingerprint density at radius 2 is 1.95 bits per heavy atom. The van der Waals surface area contributed by atoms with E-state index in [1.807, 2.05) is 0 Å². The number of aryl methyl sites for hydroxylation is 2. The van der Waals surface area contributed by atoms with E-state index in [2.05, 4.69) is 10.3 Å². The van der Waals surface area contributed by atoms with Crippen molar-refractivity contribution in [2.24, 2.45) is 0 Å². The van der Waals surface area contributed by atoms with Gasteiger partial charge in [0.15, 0.2) is 0 Å². The number of anilines is 1. The van der Waals surface area contributed by atoms with E-state index in [1.54, 1.807) is 13.8 Å².